The summed E-state index contributed by atoms with van der Waals surface area (Å²) in [6, 6.07) is 0. The van der Waals surface area contributed by atoms with Gasteiger partial charge in [0.2, 0.25) is 0 Å². The third-order valence-electron chi connectivity index (χ3n) is 3.07. The molecular formula is C9H14O. The monoisotopic (exact) mass is 138 g/mol. The number of hydrogen-bond acceptors (Lipinski definition) is 1. The molecule has 0 bridgehead atoms. The first kappa shape index (κ1) is 6.38. The predicted octanol–water partition coefficient (Wildman–Crippen LogP) is 2.16. The Hall–Kier alpha value is -0.330. The molecule has 0 saturated heterocycles. The average Bonchev–Trinajstić information content (AvgIpc) is 2.44. The van der Waals surface area contributed by atoms with Crippen molar-refractivity contribution in [2.24, 2.45) is 11.3 Å². The Bertz CT molecular complexity index is 164. The first-order chi connectivity index (χ1) is 4.72. The van der Waals surface area contributed by atoms with Gasteiger partial charge in [0, 0.05) is 11.3 Å². The Morgan fingerprint density at radius 3 is 2.30 bits per heavy atom. The number of carbonyl (C=O) groups excluding carboxylic acids is 1. The second-order valence-corrected chi connectivity index (χ2v) is 4.05. The molecule has 0 aromatic heterocycles. The SMILES string of the molecule is CC1(C(=O)C2CCC2)CC1. The van der Waals surface area contributed by atoms with Crippen molar-refractivity contribution in [3.8, 4) is 0 Å². The first-order valence-electron chi connectivity index (χ1n) is 4.27. The van der Waals surface area contributed by atoms with Crippen LogP contribution in [0.5, 0.6) is 0 Å². The number of rotatable bonds is 2. The van der Waals surface area contributed by atoms with Gasteiger partial charge in [-0.2, -0.15) is 0 Å². The van der Waals surface area contributed by atoms with E-state index in [9.17, 15) is 4.79 Å². The van der Waals surface area contributed by atoms with Crippen LogP contribution in [0.15, 0.2) is 0 Å². The van der Waals surface area contributed by atoms with Gasteiger partial charge in [-0.1, -0.05) is 13.3 Å². The highest BCUT2D eigenvalue weighted by Crippen LogP contribution is 2.50. The molecule has 2 rings (SSSR count). The standard InChI is InChI=1S/C9H14O/c1-9(5-6-9)8(10)7-3-2-4-7/h7H,2-6H2,1H3. The number of carbonyl (C=O) groups is 1. The topological polar surface area (TPSA) is 17.1 Å². The molecule has 0 aromatic rings. The lowest BCUT2D eigenvalue weighted by atomic mass is 9.77. The molecule has 0 amide bonds. The zero-order valence-corrected chi connectivity index (χ0v) is 6.52. The smallest absolute Gasteiger partial charge is 0.141 e. The summed E-state index contributed by atoms with van der Waals surface area (Å²) in [4.78, 5) is 11.5. The molecule has 1 heteroatoms. The van der Waals surface area contributed by atoms with Crippen molar-refractivity contribution < 1.29 is 4.79 Å². The third kappa shape index (κ3) is 0.799. The maximum atomic E-state index is 11.5. The number of hydrogen-bond donors (Lipinski definition) is 0. The van der Waals surface area contributed by atoms with Gasteiger partial charge in [-0.3, -0.25) is 4.79 Å². The highest BCUT2D eigenvalue weighted by molar-refractivity contribution is 5.89. The fraction of sp³-hybridized carbons (Fsp3) is 0.889. The molecule has 10 heavy (non-hydrogen) atoms. The van der Waals surface area contributed by atoms with Crippen molar-refractivity contribution in [2.45, 2.75) is 39.0 Å². The molecule has 2 aliphatic rings. The van der Waals surface area contributed by atoms with Crippen LogP contribution in [0, 0.1) is 11.3 Å². The van der Waals surface area contributed by atoms with Gasteiger partial charge in [0.05, 0.1) is 0 Å². The van der Waals surface area contributed by atoms with E-state index in [2.05, 4.69) is 6.92 Å². The summed E-state index contributed by atoms with van der Waals surface area (Å²) in [5.74, 6) is 1.03. The summed E-state index contributed by atoms with van der Waals surface area (Å²) in [5.41, 5.74) is 0.144. The predicted molar refractivity (Wildman–Crippen MR) is 39.7 cm³/mol. The number of Topliss-reactive ketones (excluding diaryl/α,β-unsaturated/α-hetero) is 1. The Balaban J connectivity index is 1.97. The zero-order valence-electron chi connectivity index (χ0n) is 6.52. The maximum Gasteiger partial charge on any atom is 0.141 e. The Morgan fingerprint density at radius 2 is 2.00 bits per heavy atom. The van der Waals surface area contributed by atoms with Gasteiger partial charge in [-0.25, -0.2) is 0 Å². The summed E-state index contributed by atoms with van der Waals surface area (Å²) in [6.45, 7) is 2.12. The molecule has 0 heterocycles. The molecule has 0 spiro atoms. The van der Waals surface area contributed by atoms with Gasteiger partial charge in [-0.15, -0.1) is 0 Å². The summed E-state index contributed by atoms with van der Waals surface area (Å²) in [7, 11) is 0. The van der Waals surface area contributed by atoms with Crippen LogP contribution in [0.3, 0.4) is 0 Å². The summed E-state index contributed by atoms with van der Waals surface area (Å²) >= 11 is 0. The van der Waals surface area contributed by atoms with Crippen LogP contribution in [-0.2, 0) is 4.79 Å². The van der Waals surface area contributed by atoms with E-state index in [1.54, 1.807) is 0 Å². The van der Waals surface area contributed by atoms with E-state index in [4.69, 9.17) is 0 Å². The molecule has 0 radical (unpaired) electrons. The van der Waals surface area contributed by atoms with E-state index in [0.29, 0.717) is 11.7 Å². The van der Waals surface area contributed by atoms with E-state index >= 15 is 0 Å². The Morgan fingerprint density at radius 1 is 1.40 bits per heavy atom. The lowest BCUT2D eigenvalue weighted by molar-refractivity contribution is -0.130. The van der Waals surface area contributed by atoms with E-state index in [1.165, 1.54) is 19.3 Å². The second-order valence-electron chi connectivity index (χ2n) is 4.05. The Labute approximate surface area is 61.8 Å². The minimum Gasteiger partial charge on any atom is -0.299 e. The van der Waals surface area contributed by atoms with Crippen LogP contribution < -0.4 is 0 Å². The quantitative estimate of drug-likeness (QED) is 0.571. The summed E-state index contributed by atoms with van der Waals surface area (Å²) in [6.07, 6.45) is 5.94. The lowest BCUT2D eigenvalue weighted by Crippen LogP contribution is -2.27. The molecule has 0 aromatic carbocycles. The molecule has 2 aliphatic carbocycles. The van der Waals surface area contributed by atoms with E-state index in [0.717, 1.165) is 12.8 Å². The van der Waals surface area contributed by atoms with E-state index in [1.807, 2.05) is 0 Å². The van der Waals surface area contributed by atoms with Crippen molar-refractivity contribution in [1.82, 2.24) is 0 Å². The van der Waals surface area contributed by atoms with Crippen LogP contribution in [0.4, 0.5) is 0 Å². The van der Waals surface area contributed by atoms with Gasteiger partial charge in [0.25, 0.3) is 0 Å². The Kier molecular flexibility index (Phi) is 1.17. The second kappa shape index (κ2) is 1.84. The van der Waals surface area contributed by atoms with Gasteiger partial charge >= 0.3 is 0 Å². The maximum absolute atomic E-state index is 11.5. The van der Waals surface area contributed by atoms with Crippen molar-refractivity contribution >= 4 is 5.78 Å². The molecule has 0 unspecified atom stereocenters. The molecule has 0 atom stereocenters. The highest BCUT2D eigenvalue weighted by atomic mass is 16.1. The summed E-state index contributed by atoms with van der Waals surface area (Å²) < 4.78 is 0. The average molecular weight is 138 g/mol. The van der Waals surface area contributed by atoms with Crippen molar-refractivity contribution in [1.29, 1.82) is 0 Å². The molecule has 56 valence electrons. The van der Waals surface area contributed by atoms with Gasteiger partial charge in [-0.05, 0) is 25.7 Å². The molecule has 2 fully saturated rings. The van der Waals surface area contributed by atoms with Crippen molar-refractivity contribution in [2.75, 3.05) is 0 Å². The molecule has 0 aliphatic heterocycles. The van der Waals surface area contributed by atoms with Gasteiger partial charge in [0.15, 0.2) is 0 Å². The molecular weight excluding hydrogens is 124 g/mol. The first-order valence-corrected chi connectivity index (χ1v) is 4.27. The lowest BCUT2D eigenvalue weighted by Gasteiger charge is -2.26. The van der Waals surface area contributed by atoms with E-state index < -0.39 is 0 Å². The normalized spacial score (nSPS) is 29.3. The molecule has 0 N–H and O–H groups in total. The molecule has 2 saturated carbocycles. The fourth-order valence-corrected chi connectivity index (χ4v) is 1.60. The highest BCUT2D eigenvalue weighted by Gasteiger charge is 2.48. The minimum absolute atomic E-state index is 0.144. The fourth-order valence-electron chi connectivity index (χ4n) is 1.60. The minimum atomic E-state index is 0.144. The van der Waals surface area contributed by atoms with Crippen LogP contribution >= 0.6 is 0 Å². The van der Waals surface area contributed by atoms with Crippen molar-refractivity contribution in [3.63, 3.8) is 0 Å². The zero-order chi connectivity index (χ0) is 7.19. The third-order valence-corrected chi connectivity index (χ3v) is 3.07. The van der Waals surface area contributed by atoms with Crippen molar-refractivity contribution in [3.05, 3.63) is 0 Å². The summed E-state index contributed by atoms with van der Waals surface area (Å²) in [5, 5.41) is 0. The van der Waals surface area contributed by atoms with Gasteiger partial charge in [0.1, 0.15) is 5.78 Å². The van der Waals surface area contributed by atoms with Crippen LogP contribution in [0.25, 0.3) is 0 Å². The van der Waals surface area contributed by atoms with Crippen LogP contribution in [0.1, 0.15) is 39.0 Å². The van der Waals surface area contributed by atoms with Crippen LogP contribution in [0.2, 0.25) is 0 Å². The largest absolute Gasteiger partial charge is 0.299 e. The van der Waals surface area contributed by atoms with Gasteiger partial charge < -0.3 is 0 Å². The molecule has 1 nitrogen and oxygen atoms in total. The number of ketones is 1. The van der Waals surface area contributed by atoms with E-state index in [-0.39, 0.29) is 5.41 Å². The van der Waals surface area contributed by atoms with Crippen LogP contribution in [-0.4, -0.2) is 5.78 Å².